The SMILES string of the molecule is CCN(CC(=O)N1CCCCC1)c1ccc(CN)cc1. The molecule has 1 fully saturated rings. The molecule has 4 nitrogen and oxygen atoms in total. The van der Waals surface area contributed by atoms with Crippen LogP contribution in [0, 0.1) is 0 Å². The summed E-state index contributed by atoms with van der Waals surface area (Å²) in [7, 11) is 0. The average molecular weight is 275 g/mol. The number of hydrogen-bond acceptors (Lipinski definition) is 3. The second-order valence-electron chi connectivity index (χ2n) is 5.33. The number of hydrogen-bond donors (Lipinski definition) is 1. The fraction of sp³-hybridized carbons (Fsp3) is 0.562. The molecule has 0 bridgehead atoms. The minimum absolute atomic E-state index is 0.245. The van der Waals surface area contributed by atoms with Gasteiger partial charge in [-0.2, -0.15) is 0 Å². The molecule has 0 unspecified atom stereocenters. The molecule has 0 aliphatic carbocycles. The highest BCUT2D eigenvalue weighted by Gasteiger charge is 2.18. The summed E-state index contributed by atoms with van der Waals surface area (Å²) in [5.74, 6) is 0.245. The molecular weight excluding hydrogens is 250 g/mol. The van der Waals surface area contributed by atoms with Crippen LogP contribution in [0.4, 0.5) is 5.69 Å². The molecule has 1 aromatic carbocycles. The van der Waals surface area contributed by atoms with Gasteiger partial charge in [0.1, 0.15) is 0 Å². The first-order valence-electron chi connectivity index (χ1n) is 7.56. The smallest absolute Gasteiger partial charge is 0.242 e. The number of nitrogens with two attached hydrogens (primary N) is 1. The Morgan fingerprint density at radius 1 is 1.20 bits per heavy atom. The molecule has 20 heavy (non-hydrogen) atoms. The van der Waals surface area contributed by atoms with E-state index in [0.29, 0.717) is 13.1 Å². The number of piperidine rings is 1. The molecule has 4 heteroatoms. The third-order valence-electron chi connectivity index (χ3n) is 3.95. The number of carbonyl (C=O) groups is 1. The normalized spacial score (nSPS) is 15.2. The summed E-state index contributed by atoms with van der Waals surface area (Å²) in [6.45, 7) is 5.78. The summed E-state index contributed by atoms with van der Waals surface area (Å²) < 4.78 is 0. The maximum atomic E-state index is 12.3. The zero-order valence-corrected chi connectivity index (χ0v) is 12.3. The average Bonchev–Trinajstić information content (AvgIpc) is 2.53. The van der Waals surface area contributed by atoms with Crippen LogP contribution < -0.4 is 10.6 Å². The zero-order valence-electron chi connectivity index (χ0n) is 12.3. The van der Waals surface area contributed by atoms with E-state index in [1.54, 1.807) is 0 Å². The summed E-state index contributed by atoms with van der Waals surface area (Å²) in [5, 5.41) is 0. The van der Waals surface area contributed by atoms with E-state index in [2.05, 4.69) is 24.0 Å². The van der Waals surface area contributed by atoms with Crippen LogP contribution in [-0.2, 0) is 11.3 Å². The van der Waals surface area contributed by atoms with E-state index in [9.17, 15) is 4.79 Å². The molecule has 0 saturated carbocycles. The van der Waals surface area contributed by atoms with Crippen molar-refractivity contribution in [2.24, 2.45) is 5.73 Å². The van der Waals surface area contributed by atoms with Gasteiger partial charge in [-0.1, -0.05) is 12.1 Å². The Bertz CT molecular complexity index is 424. The van der Waals surface area contributed by atoms with Crippen LogP contribution in [-0.4, -0.2) is 37.0 Å². The predicted octanol–water partition coefficient (Wildman–Crippen LogP) is 1.98. The lowest BCUT2D eigenvalue weighted by Crippen LogP contribution is -2.42. The number of likely N-dealkylation sites (N-methyl/N-ethyl adjacent to an activating group) is 1. The van der Waals surface area contributed by atoms with Gasteiger partial charge >= 0.3 is 0 Å². The van der Waals surface area contributed by atoms with E-state index >= 15 is 0 Å². The standard InChI is InChI=1S/C16H25N3O/c1-2-18(15-8-6-14(12-17)7-9-15)13-16(20)19-10-4-3-5-11-19/h6-9H,2-5,10-13,17H2,1H3. The van der Waals surface area contributed by atoms with Crippen molar-refractivity contribution in [1.82, 2.24) is 4.90 Å². The van der Waals surface area contributed by atoms with Crippen molar-refractivity contribution in [3.8, 4) is 0 Å². The highest BCUT2D eigenvalue weighted by Crippen LogP contribution is 2.16. The number of likely N-dealkylation sites (tertiary alicyclic amines) is 1. The second-order valence-corrected chi connectivity index (χ2v) is 5.33. The Kier molecular flexibility index (Phi) is 5.41. The highest BCUT2D eigenvalue weighted by molar-refractivity contribution is 5.81. The Balaban J connectivity index is 1.98. The first-order valence-corrected chi connectivity index (χ1v) is 7.56. The lowest BCUT2D eigenvalue weighted by molar-refractivity contribution is -0.130. The van der Waals surface area contributed by atoms with Crippen LogP contribution in [0.25, 0.3) is 0 Å². The van der Waals surface area contributed by atoms with E-state index in [0.717, 1.165) is 43.7 Å². The first kappa shape index (κ1) is 14.9. The number of anilines is 1. The third kappa shape index (κ3) is 3.73. The molecule has 0 spiro atoms. The van der Waals surface area contributed by atoms with Gasteiger partial charge in [-0.15, -0.1) is 0 Å². The number of benzene rings is 1. The monoisotopic (exact) mass is 275 g/mol. The maximum Gasteiger partial charge on any atom is 0.242 e. The quantitative estimate of drug-likeness (QED) is 0.894. The second kappa shape index (κ2) is 7.29. The molecule has 0 radical (unpaired) electrons. The Hall–Kier alpha value is -1.55. The van der Waals surface area contributed by atoms with Crippen LogP contribution in [0.15, 0.2) is 24.3 Å². The van der Waals surface area contributed by atoms with Crippen LogP contribution in [0.2, 0.25) is 0 Å². The van der Waals surface area contributed by atoms with Crippen molar-refractivity contribution < 1.29 is 4.79 Å². The molecule has 110 valence electrons. The van der Waals surface area contributed by atoms with Crippen molar-refractivity contribution in [3.63, 3.8) is 0 Å². The fourth-order valence-electron chi connectivity index (χ4n) is 2.64. The molecule has 0 atom stereocenters. The zero-order chi connectivity index (χ0) is 14.4. The largest absolute Gasteiger partial charge is 0.362 e. The fourth-order valence-corrected chi connectivity index (χ4v) is 2.64. The van der Waals surface area contributed by atoms with E-state index in [1.807, 2.05) is 17.0 Å². The van der Waals surface area contributed by atoms with E-state index in [4.69, 9.17) is 5.73 Å². The van der Waals surface area contributed by atoms with E-state index in [-0.39, 0.29) is 5.91 Å². The van der Waals surface area contributed by atoms with Crippen molar-refractivity contribution in [2.75, 3.05) is 31.1 Å². The Labute approximate surface area is 121 Å². The van der Waals surface area contributed by atoms with Gasteiger partial charge in [0, 0.05) is 31.9 Å². The van der Waals surface area contributed by atoms with Crippen LogP contribution in [0.3, 0.4) is 0 Å². The van der Waals surface area contributed by atoms with Gasteiger partial charge < -0.3 is 15.5 Å². The summed E-state index contributed by atoms with van der Waals surface area (Å²) in [4.78, 5) is 16.5. The summed E-state index contributed by atoms with van der Waals surface area (Å²) >= 11 is 0. The molecular formula is C16H25N3O. The van der Waals surface area contributed by atoms with Crippen molar-refractivity contribution in [2.45, 2.75) is 32.7 Å². The number of nitrogens with zero attached hydrogens (tertiary/aromatic N) is 2. The summed E-state index contributed by atoms with van der Waals surface area (Å²) in [5.41, 5.74) is 7.82. The summed E-state index contributed by atoms with van der Waals surface area (Å²) in [6, 6.07) is 8.16. The first-order chi connectivity index (χ1) is 9.74. The topological polar surface area (TPSA) is 49.6 Å². The van der Waals surface area contributed by atoms with Crippen molar-refractivity contribution in [3.05, 3.63) is 29.8 Å². The minimum Gasteiger partial charge on any atom is -0.362 e. The van der Waals surface area contributed by atoms with Gasteiger partial charge in [0.25, 0.3) is 0 Å². The Morgan fingerprint density at radius 3 is 2.40 bits per heavy atom. The molecule has 2 N–H and O–H groups in total. The van der Waals surface area contributed by atoms with Gasteiger partial charge in [-0.3, -0.25) is 4.79 Å². The van der Waals surface area contributed by atoms with Gasteiger partial charge in [0.05, 0.1) is 6.54 Å². The number of rotatable bonds is 5. The molecule has 1 saturated heterocycles. The van der Waals surface area contributed by atoms with Gasteiger partial charge in [0.15, 0.2) is 0 Å². The number of amides is 1. The minimum atomic E-state index is 0.245. The van der Waals surface area contributed by atoms with Crippen molar-refractivity contribution in [1.29, 1.82) is 0 Å². The number of carbonyl (C=O) groups excluding carboxylic acids is 1. The van der Waals surface area contributed by atoms with Crippen LogP contribution in [0.5, 0.6) is 0 Å². The summed E-state index contributed by atoms with van der Waals surface area (Å²) in [6.07, 6.45) is 3.54. The van der Waals surface area contributed by atoms with Crippen LogP contribution >= 0.6 is 0 Å². The maximum absolute atomic E-state index is 12.3. The highest BCUT2D eigenvalue weighted by atomic mass is 16.2. The molecule has 2 rings (SSSR count). The lowest BCUT2D eigenvalue weighted by Gasteiger charge is -2.30. The molecule has 1 heterocycles. The van der Waals surface area contributed by atoms with Gasteiger partial charge in [-0.25, -0.2) is 0 Å². The predicted molar refractivity (Wildman–Crippen MR) is 82.7 cm³/mol. The Morgan fingerprint density at radius 2 is 1.85 bits per heavy atom. The molecule has 1 amide bonds. The molecule has 0 aromatic heterocycles. The molecule has 1 aromatic rings. The van der Waals surface area contributed by atoms with Crippen LogP contribution in [0.1, 0.15) is 31.7 Å². The van der Waals surface area contributed by atoms with E-state index < -0.39 is 0 Å². The molecule has 1 aliphatic rings. The molecule has 1 aliphatic heterocycles. The van der Waals surface area contributed by atoms with Crippen molar-refractivity contribution >= 4 is 11.6 Å². The lowest BCUT2D eigenvalue weighted by atomic mass is 10.1. The van der Waals surface area contributed by atoms with Gasteiger partial charge in [-0.05, 0) is 43.9 Å². The van der Waals surface area contributed by atoms with Gasteiger partial charge in [0.2, 0.25) is 5.91 Å². The third-order valence-corrected chi connectivity index (χ3v) is 3.95. The van der Waals surface area contributed by atoms with E-state index in [1.165, 1.54) is 6.42 Å².